The van der Waals surface area contributed by atoms with E-state index < -0.39 is 0 Å². The molecule has 0 radical (unpaired) electrons. The van der Waals surface area contributed by atoms with E-state index in [4.69, 9.17) is 0 Å². The van der Waals surface area contributed by atoms with Gasteiger partial charge in [0.1, 0.15) is 5.52 Å². The van der Waals surface area contributed by atoms with Crippen LogP contribution in [0.1, 0.15) is 12.5 Å². The first kappa shape index (κ1) is 15.8. The molecular weight excluding hydrogens is 342 g/mol. The SMILES string of the molecule is Cl.O=c1[nH]c2cnc(-c3cnn4ccccc34)nc2n1C1CCNC1. The molecule has 0 saturated carbocycles. The summed E-state index contributed by atoms with van der Waals surface area (Å²) in [5.41, 5.74) is 2.96. The second-order valence-corrected chi connectivity index (χ2v) is 5.97. The summed E-state index contributed by atoms with van der Waals surface area (Å²) in [5.74, 6) is 0.572. The number of nitrogens with zero attached hydrogens (tertiary/aromatic N) is 5. The van der Waals surface area contributed by atoms with Gasteiger partial charge < -0.3 is 10.3 Å². The number of aromatic amines is 1. The van der Waals surface area contributed by atoms with Crippen molar-refractivity contribution in [2.24, 2.45) is 0 Å². The molecule has 25 heavy (non-hydrogen) atoms. The summed E-state index contributed by atoms with van der Waals surface area (Å²) in [6.07, 6.45) is 6.23. The molecule has 1 aliphatic rings. The third-order valence-electron chi connectivity index (χ3n) is 4.52. The molecular formula is C16H16ClN7O. The smallest absolute Gasteiger partial charge is 0.315 e. The number of aromatic nitrogens is 6. The molecule has 0 aromatic carbocycles. The number of rotatable bonds is 2. The minimum Gasteiger partial charge on any atom is -0.315 e. The Morgan fingerprint density at radius 1 is 1.24 bits per heavy atom. The molecule has 9 heteroatoms. The normalized spacial score (nSPS) is 17.2. The molecule has 1 fully saturated rings. The lowest BCUT2D eigenvalue weighted by Crippen LogP contribution is -2.24. The van der Waals surface area contributed by atoms with Crippen LogP contribution < -0.4 is 11.0 Å². The van der Waals surface area contributed by atoms with Crippen molar-refractivity contribution in [3.63, 3.8) is 0 Å². The molecule has 0 spiro atoms. The summed E-state index contributed by atoms with van der Waals surface area (Å²) in [6, 6.07) is 5.97. The summed E-state index contributed by atoms with van der Waals surface area (Å²) in [7, 11) is 0. The number of hydrogen-bond acceptors (Lipinski definition) is 5. The number of imidazole rings is 1. The number of H-pyrrole nitrogens is 1. The zero-order valence-electron chi connectivity index (χ0n) is 13.2. The Labute approximate surface area is 148 Å². The van der Waals surface area contributed by atoms with Gasteiger partial charge in [-0.15, -0.1) is 12.4 Å². The molecule has 1 saturated heterocycles. The van der Waals surface area contributed by atoms with Crippen LogP contribution in [0.3, 0.4) is 0 Å². The van der Waals surface area contributed by atoms with Crippen LogP contribution in [0.4, 0.5) is 0 Å². The first-order valence-corrected chi connectivity index (χ1v) is 7.92. The molecule has 0 bridgehead atoms. The molecule has 1 unspecified atom stereocenters. The molecule has 0 amide bonds. The van der Waals surface area contributed by atoms with E-state index >= 15 is 0 Å². The predicted octanol–water partition coefficient (Wildman–Crippen LogP) is 1.39. The fourth-order valence-electron chi connectivity index (χ4n) is 3.35. The molecule has 1 aliphatic heterocycles. The van der Waals surface area contributed by atoms with Gasteiger partial charge in [0.15, 0.2) is 11.5 Å². The zero-order chi connectivity index (χ0) is 16.1. The van der Waals surface area contributed by atoms with Crippen LogP contribution in [0, 0.1) is 0 Å². The molecule has 1 atom stereocenters. The van der Waals surface area contributed by atoms with Crippen LogP contribution in [-0.4, -0.2) is 42.2 Å². The molecule has 128 valence electrons. The fourth-order valence-corrected chi connectivity index (χ4v) is 3.35. The van der Waals surface area contributed by atoms with Crippen molar-refractivity contribution in [2.45, 2.75) is 12.5 Å². The van der Waals surface area contributed by atoms with Crippen LogP contribution in [0.2, 0.25) is 0 Å². The second kappa shape index (κ2) is 5.98. The van der Waals surface area contributed by atoms with Crippen molar-refractivity contribution in [1.29, 1.82) is 0 Å². The molecule has 4 aromatic rings. The van der Waals surface area contributed by atoms with Crippen LogP contribution in [0.5, 0.6) is 0 Å². The maximum absolute atomic E-state index is 12.3. The minimum atomic E-state index is -0.134. The molecule has 8 nitrogen and oxygen atoms in total. The first-order chi connectivity index (χ1) is 11.8. The third-order valence-corrected chi connectivity index (χ3v) is 4.52. The highest BCUT2D eigenvalue weighted by molar-refractivity contribution is 5.85. The zero-order valence-corrected chi connectivity index (χ0v) is 14.0. The number of hydrogen-bond donors (Lipinski definition) is 2. The van der Waals surface area contributed by atoms with Gasteiger partial charge in [0, 0.05) is 12.7 Å². The Bertz CT molecular complexity index is 1110. The Morgan fingerprint density at radius 3 is 3.00 bits per heavy atom. The van der Waals surface area contributed by atoms with E-state index in [1.54, 1.807) is 21.5 Å². The van der Waals surface area contributed by atoms with Gasteiger partial charge in [0.25, 0.3) is 0 Å². The maximum atomic E-state index is 12.3. The largest absolute Gasteiger partial charge is 0.328 e. The van der Waals surface area contributed by atoms with Gasteiger partial charge in [-0.3, -0.25) is 4.57 Å². The maximum Gasteiger partial charge on any atom is 0.328 e. The Kier molecular flexibility index (Phi) is 3.78. The second-order valence-electron chi connectivity index (χ2n) is 5.97. The van der Waals surface area contributed by atoms with Gasteiger partial charge in [-0.25, -0.2) is 19.3 Å². The van der Waals surface area contributed by atoms with Crippen LogP contribution in [0.15, 0.2) is 41.6 Å². The van der Waals surface area contributed by atoms with Crippen LogP contribution in [0.25, 0.3) is 28.1 Å². The molecule has 5 heterocycles. The van der Waals surface area contributed by atoms with E-state index in [1.165, 1.54) is 0 Å². The van der Waals surface area contributed by atoms with Crippen molar-refractivity contribution >= 4 is 29.1 Å². The summed E-state index contributed by atoms with van der Waals surface area (Å²) >= 11 is 0. The standard InChI is InChI=1S/C16H15N7O.ClH/c24-16-20-12-9-18-14(11-8-19-22-6-2-1-3-13(11)22)21-15(12)23(16)10-4-5-17-7-10;/h1-3,6,8-10,17H,4-5,7H2,(H,20,24);1H. The lowest BCUT2D eigenvalue weighted by atomic mass is 10.2. The van der Waals surface area contributed by atoms with Crippen molar-refractivity contribution in [1.82, 2.24) is 34.4 Å². The average molecular weight is 358 g/mol. The average Bonchev–Trinajstić information content (AvgIpc) is 3.31. The monoisotopic (exact) mass is 357 g/mol. The van der Waals surface area contributed by atoms with E-state index in [0.29, 0.717) is 17.0 Å². The van der Waals surface area contributed by atoms with E-state index in [1.807, 2.05) is 24.4 Å². The van der Waals surface area contributed by atoms with E-state index in [9.17, 15) is 4.79 Å². The Hall–Kier alpha value is -2.71. The third kappa shape index (κ3) is 2.41. The van der Waals surface area contributed by atoms with Gasteiger partial charge in [-0.1, -0.05) is 6.07 Å². The predicted molar refractivity (Wildman–Crippen MR) is 96.1 cm³/mol. The first-order valence-electron chi connectivity index (χ1n) is 7.92. The van der Waals surface area contributed by atoms with E-state index in [2.05, 4.69) is 25.4 Å². The number of fused-ring (bicyclic) bond motifs is 2. The molecule has 4 aromatic heterocycles. The number of nitrogens with one attached hydrogen (secondary N) is 2. The van der Waals surface area contributed by atoms with Crippen molar-refractivity contribution in [2.75, 3.05) is 13.1 Å². The molecule has 0 aliphatic carbocycles. The highest BCUT2D eigenvalue weighted by atomic mass is 35.5. The highest BCUT2D eigenvalue weighted by Gasteiger charge is 2.22. The lowest BCUT2D eigenvalue weighted by Gasteiger charge is -2.09. The van der Waals surface area contributed by atoms with Gasteiger partial charge in [0.05, 0.1) is 29.5 Å². The van der Waals surface area contributed by atoms with Crippen LogP contribution in [-0.2, 0) is 0 Å². The van der Waals surface area contributed by atoms with Gasteiger partial charge in [-0.2, -0.15) is 5.10 Å². The summed E-state index contributed by atoms with van der Waals surface area (Å²) < 4.78 is 3.53. The fraction of sp³-hybridized carbons (Fsp3) is 0.250. The van der Waals surface area contributed by atoms with Crippen LogP contribution >= 0.6 is 12.4 Å². The van der Waals surface area contributed by atoms with Crippen molar-refractivity contribution < 1.29 is 0 Å². The van der Waals surface area contributed by atoms with Gasteiger partial charge in [0.2, 0.25) is 0 Å². The van der Waals surface area contributed by atoms with Crippen molar-refractivity contribution in [3.8, 4) is 11.4 Å². The van der Waals surface area contributed by atoms with E-state index in [-0.39, 0.29) is 24.1 Å². The summed E-state index contributed by atoms with van der Waals surface area (Å²) in [6.45, 7) is 1.69. The quantitative estimate of drug-likeness (QED) is 0.565. The summed E-state index contributed by atoms with van der Waals surface area (Å²) in [4.78, 5) is 24.3. The van der Waals surface area contributed by atoms with Crippen molar-refractivity contribution in [3.05, 3.63) is 47.3 Å². The Morgan fingerprint density at radius 2 is 2.16 bits per heavy atom. The number of halogens is 1. The van der Waals surface area contributed by atoms with Gasteiger partial charge >= 0.3 is 5.69 Å². The Balaban J connectivity index is 0.00000157. The summed E-state index contributed by atoms with van der Waals surface area (Å²) in [5, 5.41) is 7.62. The topological polar surface area (TPSA) is 92.9 Å². The number of pyridine rings is 1. The van der Waals surface area contributed by atoms with Gasteiger partial charge in [-0.05, 0) is 25.1 Å². The minimum absolute atomic E-state index is 0. The van der Waals surface area contributed by atoms with E-state index in [0.717, 1.165) is 30.6 Å². The molecule has 2 N–H and O–H groups in total. The lowest BCUT2D eigenvalue weighted by molar-refractivity contribution is 0.542. The molecule has 5 rings (SSSR count). The highest BCUT2D eigenvalue weighted by Crippen LogP contribution is 2.24.